The van der Waals surface area contributed by atoms with Crippen LogP contribution in [0.3, 0.4) is 0 Å². The third-order valence-electron chi connectivity index (χ3n) is 4.99. The fourth-order valence-corrected chi connectivity index (χ4v) is 3.92. The second-order valence-corrected chi connectivity index (χ2v) is 8.00. The molecule has 1 heterocycles. The van der Waals surface area contributed by atoms with Crippen molar-refractivity contribution in [3.8, 4) is 11.5 Å². The smallest absolute Gasteiger partial charge is 0.279 e. The number of anilines is 1. The number of amides is 1. The summed E-state index contributed by atoms with van der Waals surface area (Å²) in [6.45, 7) is 2.52. The number of hydrogen-bond donors (Lipinski definition) is 0. The van der Waals surface area contributed by atoms with Gasteiger partial charge in [0.05, 0.1) is 17.3 Å². The fourth-order valence-electron chi connectivity index (χ4n) is 3.37. The first-order valence-corrected chi connectivity index (χ1v) is 11.1. The first-order chi connectivity index (χ1) is 16.0. The van der Waals surface area contributed by atoms with E-state index < -0.39 is 0 Å². The lowest BCUT2D eigenvalue weighted by molar-refractivity contribution is -0.111. The van der Waals surface area contributed by atoms with E-state index in [9.17, 15) is 9.18 Å². The molecule has 4 rings (SSSR count). The van der Waals surface area contributed by atoms with E-state index in [2.05, 4.69) is 4.99 Å². The third kappa shape index (κ3) is 5.21. The molecule has 0 spiro atoms. The Morgan fingerprint density at radius 2 is 1.82 bits per heavy atom. The number of benzene rings is 3. The lowest BCUT2D eigenvalue weighted by atomic mass is 10.1. The van der Waals surface area contributed by atoms with E-state index in [0.29, 0.717) is 40.1 Å². The van der Waals surface area contributed by atoms with Crippen molar-refractivity contribution < 1.29 is 18.7 Å². The summed E-state index contributed by atoms with van der Waals surface area (Å²) < 4.78 is 24.9. The molecule has 168 valence electrons. The molecule has 0 saturated carbocycles. The number of carbonyl (C=O) groups excluding carboxylic acids is 1. The topological polar surface area (TPSA) is 51.1 Å². The minimum atomic E-state index is -0.337. The fraction of sp³-hybridized carbons (Fsp3) is 0.160. The summed E-state index contributed by atoms with van der Waals surface area (Å²) in [5.41, 5.74) is 2.17. The van der Waals surface area contributed by atoms with Gasteiger partial charge < -0.3 is 9.47 Å². The van der Waals surface area contributed by atoms with E-state index >= 15 is 0 Å². The van der Waals surface area contributed by atoms with E-state index in [0.717, 1.165) is 5.56 Å². The van der Waals surface area contributed by atoms with Crippen LogP contribution in [0.1, 0.15) is 18.1 Å². The number of hydrogen-bond acceptors (Lipinski definition) is 4. The first-order valence-electron chi connectivity index (χ1n) is 10.3. The Balaban J connectivity index is 1.43. The van der Waals surface area contributed by atoms with Gasteiger partial charge in [-0.1, -0.05) is 35.9 Å². The molecule has 0 saturated heterocycles. The second-order valence-electron chi connectivity index (χ2n) is 7.23. The van der Waals surface area contributed by atoms with Gasteiger partial charge in [-0.15, -0.1) is 0 Å². The maximum Gasteiger partial charge on any atom is 0.279 e. The molecule has 0 radical (unpaired) electrons. The largest absolute Gasteiger partial charge is 0.494 e. The number of aliphatic imine (C=N–C) groups is 1. The SMILES string of the molecule is CCOc1ccc(N2C(=O)C(Cc3ccc(OCc4ccccc4F)c(Cl)c3)=NC2=S)cc1. The normalized spacial score (nSPS) is 13.3. The molecule has 0 fully saturated rings. The molecule has 0 unspecified atom stereocenters. The van der Waals surface area contributed by atoms with Crippen molar-refractivity contribution in [3.05, 3.63) is 88.7 Å². The Labute approximate surface area is 201 Å². The maximum atomic E-state index is 13.8. The summed E-state index contributed by atoms with van der Waals surface area (Å²) in [6.07, 6.45) is 0.264. The average molecular weight is 483 g/mol. The van der Waals surface area contributed by atoms with Crippen molar-refractivity contribution in [3.63, 3.8) is 0 Å². The zero-order valence-electron chi connectivity index (χ0n) is 17.8. The molecule has 1 amide bonds. The lowest BCUT2D eigenvalue weighted by Crippen LogP contribution is -2.33. The number of nitrogens with zero attached hydrogens (tertiary/aromatic N) is 2. The molecule has 0 aromatic heterocycles. The van der Waals surface area contributed by atoms with Crippen LogP contribution >= 0.6 is 23.8 Å². The highest BCUT2D eigenvalue weighted by Crippen LogP contribution is 2.28. The second kappa shape index (κ2) is 10.1. The molecule has 3 aromatic carbocycles. The Kier molecular flexibility index (Phi) is 7.01. The highest BCUT2D eigenvalue weighted by atomic mass is 35.5. The molecule has 8 heteroatoms. The molecule has 0 N–H and O–H groups in total. The summed E-state index contributed by atoms with van der Waals surface area (Å²) in [4.78, 5) is 18.7. The highest BCUT2D eigenvalue weighted by Gasteiger charge is 2.31. The predicted octanol–water partition coefficient (Wildman–Crippen LogP) is 5.77. The van der Waals surface area contributed by atoms with Crippen LogP contribution in [-0.4, -0.2) is 23.3 Å². The van der Waals surface area contributed by atoms with Crippen LogP contribution in [0.15, 0.2) is 71.7 Å². The summed E-state index contributed by atoms with van der Waals surface area (Å²) in [5, 5.41) is 0.552. The van der Waals surface area contributed by atoms with E-state index in [1.165, 1.54) is 11.0 Å². The molecule has 0 atom stereocenters. The third-order valence-corrected chi connectivity index (χ3v) is 5.56. The zero-order chi connectivity index (χ0) is 23.4. The van der Waals surface area contributed by atoms with Gasteiger partial charge in [-0.05, 0) is 67.2 Å². The van der Waals surface area contributed by atoms with Crippen molar-refractivity contribution >= 4 is 46.2 Å². The number of ether oxygens (including phenoxy) is 2. The molecular weight excluding hydrogens is 463 g/mol. The molecule has 33 heavy (non-hydrogen) atoms. The van der Waals surface area contributed by atoms with Crippen LogP contribution in [-0.2, 0) is 17.8 Å². The van der Waals surface area contributed by atoms with E-state index in [4.69, 9.17) is 33.3 Å². The van der Waals surface area contributed by atoms with Crippen molar-refractivity contribution in [1.29, 1.82) is 0 Å². The molecule has 0 bridgehead atoms. The van der Waals surface area contributed by atoms with Crippen LogP contribution < -0.4 is 14.4 Å². The highest BCUT2D eigenvalue weighted by molar-refractivity contribution is 7.80. The van der Waals surface area contributed by atoms with Gasteiger partial charge in [0.2, 0.25) is 5.11 Å². The monoisotopic (exact) mass is 482 g/mol. The molecule has 1 aliphatic heterocycles. The van der Waals surface area contributed by atoms with Gasteiger partial charge in [0.25, 0.3) is 5.91 Å². The molecule has 1 aliphatic rings. The average Bonchev–Trinajstić information content (AvgIpc) is 3.08. The van der Waals surface area contributed by atoms with Crippen LogP contribution in [0, 0.1) is 5.82 Å². The Hall–Kier alpha value is -3.29. The number of halogens is 2. The van der Waals surface area contributed by atoms with Crippen molar-refractivity contribution in [2.45, 2.75) is 20.0 Å². The Bertz CT molecular complexity index is 1230. The van der Waals surface area contributed by atoms with Crippen molar-refractivity contribution in [1.82, 2.24) is 0 Å². The van der Waals surface area contributed by atoms with Gasteiger partial charge in [0.1, 0.15) is 29.6 Å². The Morgan fingerprint density at radius 3 is 2.52 bits per heavy atom. The van der Waals surface area contributed by atoms with Crippen LogP contribution in [0.5, 0.6) is 11.5 Å². The number of rotatable bonds is 8. The van der Waals surface area contributed by atoms with Crippen LogP contribution in [0.25, 0.3) is 0 Å². The zero-order valence-corrected chi connectivity index (χ0v) is 19.3. The van der Waals surface area contributed by atoms with Gasteiger partial charge in [-0.25, -0.2) is 9.38 Å². The number of carbonyl (C=O) groups is 1. The van der Waals surface area contributed by atoms with Crippen LogP contribution in [0.2, 0.25) is 5.02 Å². The summed E-state index contributed by atoms with van der Waals surface area (Å²) in [5.74, 6) is 0.526. The quantitative estimate of drug-likeness (QED) is 0.382. The predicted molar refractivity (Wildman–Crippen MR) is 131 cm³/mol. The summed E-state index contributed by atoms with van der Waals surface area (Å²) in [7, 11) is 0. The minimum absolute atomic E-state index is 0.0578. The van der Waals surface area contributed by atoms with Gasteiger partial charge in [-0.2, -0.15) is 0 Å². The summed E-state index contributed by atoms with van der Waals surface area (Å²) in [6, 6.07) is 18.7. The first kappa shape index (κ1) is 22.9. The van der Waals surface area contributed by atoms with Gasteiger partial charge in [-0.3, -0.25) is 9.69 Å². The molecular formula is C25H20ClFN2O3S. The van der Waals surface area contributed by atoms with Crippen molar-refractivity contribution in [2.75, 3.05) is 11.5 Å². The minimum Gasteiger partial charge on any atom is -0.494 e. The summed E-state index contributed by atoms with van der Waals surface area (Å²) >= 11 is 11.7. The van der Waals surface area contributed by atoms with Crippen molar-refractivity contribution in [2.24, 2.45) is 4.99 Å². The van der Waals surface area contributed by atoms with Crippen LogP contribution in [0.4, 0.5) is 10.1 Å². The van der Waals surface area contributed by atoms with E-state index in [1.807, 2.05) is 6.92 Å². The standard InChI is InChI=1S/C25H20ClFN2O3S/c1-2-31-19-10-8-18(9-11-19)29-24(30)22(28-25(29)33)14-16-7-12-23(20(26)13-16)32-15-17-5-3-4-6-21(17)27/h3-13H,2,14-15H2,1H3. The van der Waals surface area contributed by atoms with Gasteiger partial charge in [0, 0.05) is 12.0 Å². The lowest BCUT2D eigenvalue weighted by Gasteiger charge is -2.15. The molecule has 5 nitrogen and oxygen atoms in total. The van der Waals surface area contributed by atoms with Gasteiger partial charge in [0.15, 0.2) is 0 Å². The molecule has 0 aliphatic carbocycles. The van der Waals surface area contributed by atoms with Gasteiger partial charge >= 0.3 is 0 Å². The molecule has 3 aromatic rings. The van der Waals surface area contributed by atoms with E-state index in [-0.39, 0.29) is 29.9 Å². The Morgan fingerprint density at radius 1 is 1.06 bits per heavy atom. The number of thiocarbonyl (C=S) groups is 1. The van der Waals surface area contributed by atoms with E-state index in [1.54, 1.807) is 60.7 Å². The maximum absolute atomic E-state index is 13.8.